The Labute approximate surface area is 97.7 Å². The van der Waals surface area contributed by atoms with Crippen LogP contribution in [0.2, 0.25) is 0 Å². The molecule has 5 heteroatoms. The summed E-state index contributed by atoms with van der Waals surface area (Å²) in [6.07, 6.45) is 3.24. The van der Waals surface area contributed by atoms with E-state index in [-0.39, 0.29) is 12.4 Å². The van der Waals surface area contributed by atoms with E-state index in [4.69, 9.17) is 14.3 Å². The van der Waals surface area contributed by atoms with Crippen molar-refractivity contribution in [3.8, 4) is 5.75 Å². The van der Waals surface area contributed by atoms with Gasteiger partial charge < -0.3 is 14.3 Å². The van der Waals surface area contributed by atoms with E-state index in [1.54, 1.807) is 31.5 Å². The Balaban J connectivity index is 2.07. The molecule has 2 aromatic heterocycles. The van der Waals surface area contributed by atoms with Gasteiger partial charge in [0.1, 0.15) is 18.1 Å². The number of hydrogen-bond donors (Lipinski definition) is 1. The van der Waals surface area contributed by atoms with E-state index in [2.05, 4.69) is 4.98 Å². The van der Waals surface area contributed by atoms with Gasteiger partial charge in [0.05, 0.1) is 6.20 Å². The monoisotopic (exact) mass is 233 g/mol. The molecule has 17 heavy (non-hydrogen) atoms. The fourth-order valence-electron chi connectivity index (χ4n) is 1.36. The van der Waals surface area contributed by atoms with Crippen molar-refractivity contribution in [2.24, 2.45) is 0 Å². The molecule has 0 aliphatic rings. The molecule has 0 saturated heterocycles. The predicted octanol–water partition coefficient (Wildman–Crippen LogP) is 2.26. The molecule has 2 aromatic rings. The van der Waals surface area contributed by atoms with Crippen molar-refractivity contribution in [1.82, 2.24) is 4.98 Å². The Hall–Kier alpha value is -2.30. The molecule has 2 heterocycles. The van der Waals surface area contributed by atoms with Crippen molar-refractivity contribution in [3.63, 3.8) is 0 Å². The number of aryl methyl sites for hydroxylation is 1. The van der Waals surface area contributed by atoms with E-state index in [9.17, 15) is 4.79 Å². The zero-order valence-corrected chi connectivity index (χ0v) is 9.21. The zero-order chi connectivity index (χ0) is 12.3. The fourth-order valence-corrected chi connectivity index (χ4v) is 1.36. The van der Waals surface area contributed by atoms with E-state index in [0.29, 0.717) is 17.1 Å². The highest BCUT2D eigenvalue weighted by Gasteiger charge is 2.13. The minimum absolute atomic E-state index is 0.0766. The average Bonchev–Trinajstić information content (AvgIpc) is 2.70. The van der Waals surface area contributed by atoms with Crippen LogP contribution < -0.4 is 4.74 Å². The summed E-state index contributed by atoms with van der Waals surface area (Å²) in [7, 11) is 0. The first-order valence-electron chi connectivity index (χ1n) is 5.02. The Kier molecular flexibility index (Phi) is 3.09. The molecule has 0 aromatic carbocycles. The maximum absolute atomic E-state index is 10.7. The van der Waals surface area contributed by atoms with E-state index < -0.39 is 5.97 Å². The number of carboxylic acids is 1. The molecule has 2 rings (SSSR count). The second-order valence-corrected chi connectivity index (χ2v) is 3.47. The van der Waals surface area contributed by atoms with E-state index >= 15 is 0 Å². The molecule has 0 saturated carbocycles. The summed E-state index contributed by atoms with van der Waals surface area (Å²) in [5.41, 5.74) is 0.714. The van der Waals surface area contributed by atoms with Gasteiger partial charge >= 0.3 is 5.97 Å². The zero-order valence-electron chi connectivity index (χ0n) is 9.21. The Morgan fingerprint density at radius 3 is 3.00 bits per heavy atom. The van der Waals surface area contributed by atoms with Crippen LogP contribution in [0.3, 0.4) is 0 Å². The summed E-state index contributed by atoms with van der Waals surface area (Å²) in [5, 5.41) is 8.76. The molecule has 0 fully saturated rings. The molecule has 0 aliphatic heterocycles. The summed E-state index contributed by atoms with van der Waals surface area (Å²) >= 11 is 0. The van der Waals surface area contributed by atoms with Gasteiger partial charge in [-0.15, -0.1) is 0 Å². The van der Waals surface area contributed by atoms with Crippen molar-refractivity contribution >= 4 is 5.97 Å². The van der Waals surface area contributed by atoms with Gasteiger partial charge in [-0.25, -0.2) is 4.79 Å². The molecule has 0 atom stereocenters. The number of hydrogen-bond acceptors (Lipinski definition) is 4. The lowest BCUT2D eigenvalue weighted by Gasteiger charge is -2.03. The number of ether oxygens (including phenoxy) is 1. The van der Waals surface area contributed by atoms with E-state index in [0.717, 1.165) is 0 Å². The normalized spacial score (nSPS) is 10.2. The Morgan fingerprint density at radius 1 is 1.59 bits per heavy atom. The summed E-state index contributed by atoms with van der Waals surface area (Å²) in [5.74, 6) is 0.0179. The molecule has 0 spiro atoms. The molecule has 0 amide bonds. The van der Waals surface area contributed by atoms with Gasteiger partial charge in [-0.1, -0.05) is 0 Å². The molecule has 0 radical (unpaired) electrons. The smallest absolute Gasteiger partial charge is 0.371 e. The number of carbonyl (C=O) groups is 1. The SMILES string of the molecule is Cc1oc(C(=O)O)cc1COc1cccnc1. The summed E-state index contributed by atoms with van der Waals surface area (Å²) in [6, 6.07) is 5.01. The van der Waals surface area contributed by atoms with Gasteiger partial charge in [0.2, 0.25) is 5.76 Å². The summed E-state index contributed by atoms with van der Waals surface area (Å²) < 4.78 is 10.5. The van der Waals surface area contributed by atoms with Crippen molar-refractivity contribution in [2.45, 2.75) is 13.5 Å². The van der Waals surface area contributed by atoms with Crippen LogP contribution in [0.25, 0.3) is 0 Å². The van der Waals surface area contributed by atoms with Crippen LogP contribution in [0.1, 0.15) is 21.9 Å². The maximum atomic E-state index is 10.7. The highest BCUT2D eigenvalue weighted by atomic mass is 16.5. The molecule has 0 aliphatic carbocycles. The molecule has 1 N–H and O–H groups in total. The molecular weight excluding hydrogens is 222 g/mol. The van der Waals surface area contributed by atoms with Crippen LogP contribution in [-0.4, -0.2) is 16.1 Å². The second-order valence-electron chi connectivity index (χ2n) is 3.47. The fraction of sp³-hybridized carbons (Fsp3) is 0.167. The van der Waals surface area contributed by atoms with Crippen LogP contribution in [0.4, 0.5) is 0 Å². The number of furan rings is 1. The minimum atomic E-state index is -1.08. The van der Waals surface area contributed by atoms with E-state index in [1.165, 1.54) is 6.07 Å². The number of pyridine rings is 1. The van der Waals surface area contributed by atoms with Crippen LogP contribution in [0.5, 0.6) is 5.75 Å². The molecule has 0 unspecified atom stereocenters. The Morgan fingerprint density at radius 2 is 2.41 bits per heavy atom. The molecule has 0 bridgehead atoms. The highest BCUT2D eigenvalue weighted by molar-refractivity contribution is 5.84. The highest BCUT2D eigenvalue weighted by Crippen LogP contribution is 2.17. The summed E-state index contributed by atoms with van der Waals surface area (Å²) in [4.78, 5) is 14.6. The van der Waals surface area contributed by atoms with Gasteiger partial charge in [-0.3, -0.25) is 4.98 Å². The lowest BCUT2D eigenvalue weighted by atomic mass is 10.2. The largest absolute Gasteiger partial charge is 0.487 e. The first-order chi connectivity index (χ1) is 8.16. The first-order valence-corrected chi connectivity index (χ1v) is 5.02. The number of aromatic nitrogens is 1. The second kappa shape index (κ2) is 4.69. The lowest BCUT2D eigenvalue weighted by molar-refractivity contribution is 0.0661. The van der Waals surface area contributed by atoms with Crippen molar-refractivity contribution in [3.05, 3.63) is 47.7 Å². The van der Waals surface area contributed by atoms with Crippen LogP contribution in [0.15, 0.2) is 35.0 Å². The third-order valence-corrected chi connectivity index (χ3v) is 2.26. The standard InChI is InChI=1S/C12H11NO4/c1-8-9(5-11(17-8)12(14)15)7-16-10-3-2-4-13-6-10/h2-6H,7H2,1H3,(H,14,15). The third-order valence-electron chi connectivity index (χ3n) is 2.26. The third kappa shape index (κ3) is 2.63. The van der Waals surface area contributed by atoms with Gasteiger partial charge in [0.25, 0.3) is 0 Å². The van der Waals surface area contributed by atoms with Crippen LogP contribution in [0, 0.1) is 6.92 Å². The maximum Gasteiger partial charge on any atom is 0.371 e. The number of carboxylic acid groups (broad SMARTS) is 1. The number of rotatable bonds is 4. The first kappa shape index (κ1) is 11.2. The van der Waals surface area contributed by atoms with Crippen LogP contribution in [-0.2, 0) is 6.61 Å². The predicted molar refractivity (Wildman–Crippen MR) is 59.0 cm³/mol. The molecule has 5 nitrogen and oxygen atoms in total. The van der Waals surface area contributed by atoms with Gasteiger partial charge in [-0.05, 0) is 25.1 Å². The quantitative estimate of drug-likeness (QED) is 0.876. The summed E-state index contributed by atoms with van der Waals surface area (Å²) in [6.45, 7) is 1.96. The van der Waals surface area contributed by atoms with Gasteiger partial charge in [0, 0.05) is 11.8 Å². The molecular formula is C12H11NO4. The van der Waals surface area contributed by atoms with Gasteiger partial charge in [-0.2, -0.15) is 0 Å². The van der Waals surface area contributed by atoms with E-state index in [1.807, 2.05) is 0 Å². The van der Waals surface area contributed by atoms with Crippen LogP contribution >= 0.6 is 0 Å². The molecule has 88 valence electrons. The van der Waals surface area contributed by atoms with Crippen molar-refractivity contribution in [2.75, 3.05) is 0 Å². The number of nitrogens with zero attached hydrogens (tertiary/aromatic N) is 1. The number of aromatic carboxylic acids is 1. The Bertz CT molecular complexity index is 519. The topological polar surface area (TPSA) is 72.6 Å². The van der Waals surface area contributed by atoms with Crippen molar-refractivity contribution in [1.29, 1.82) is 0 Å². The minimum Gasteiger partial charge on any atom is -0.487 e. The van der Waals surface area contributed by atoms with Crippen molar-refractivity contribution < 1.29 is 19.1 Å². The van der Waals surface area contributed by atoms with Gasteiger partial charge in [0.15, 0.2) is 0 Å². The lowest BCUT2D eigenvalue weighted by Crippen LogP contribution is -1.96. The average molecular weight is 233 g/mol.